The van der Waals surface area contributed by atoms with E-state index in [9.17, 15) is 14.7 Å². The quantitative estimate of drug-likeness (QED) is 0.542. The van der Waals surface area contributed by atoms with Crippen LogP contribution < -0.4 is 10.9 Å². The minimum absolute atomic E-state index is 0.0325. The number of nitrogens with one attached hydrogen (secondary N) is 2. The van der Waals surface area contributed by atoms with Gasteiger partial charge in [-0.25, -0.2) is 20.4 Å². The van der Waals surface area contributed by atoms with Crippen LogP contribution >= 0.6 is 0 Å². The number of nitrogens with zero attached hydrogens (tertiary/aromatic N) is 2. The third-order valence-corrected chi connectivity index (χ3v) is 2.33. The lowest BCUT2D eigenvalue weighted by molar-refractivity contribution is 0.152. The number of benzene rings is 1. The van der Waals surface area contributed by atoms with E-state index in [1.807, 2.05) is 0 Å². The average molecular weight is 322 g/mol. The zero-order valence-corrected chi connectivity index (χ0v) is 12.8. The van der Waals surface area contributed by atoms with Gasteiger partial charge in [0.2, 0.25) is 0 Å². The average Bonchev–Trinajstić information content (AvgIpc) is 2.51. The Hall–Kier alpha value is -3.10. The molecule has 1 rings (SSSR count). The summed E-state index contributed by atoms with van der Waals surface area (Å²) in [5, 5.41) is 17.1. The van der Waals surface area contributed by atoms with Crippen LogP contribution in [0.25, 0.3) is 0 Å². The van der Waals surface area contributed by atoms with Gasteiger partial charge >= 0.3 is 12.2 Å². The number of carbonyl (C=O) groups excluding carboxylic acids is 2. The summed E-state index contributed by atoms with van der Waals surface area (Å²) in [6.07, 6.45) is 1.26. The van der Waals surface area contributed by atoms with Crippen molar-refractivity contribution in [3.8, 4) is 5.75 Å². The van der Waals surface area contributed by atoms with Crippen molar-refractivity contribution in [2.75, 3.05) is 13.2 Å². The van der Waals surface area contributed by atoms with Crippen molar-refractivity contribution in [2.45, 2.75) is 13.8 Å². The van der Waals surface area contributed by atoms with E-state index in [4.69, 9.17) is 0 Å². The topological polar surface area (TPSA) is 122 Å². The van der Waals surface area contributed by atoms with Crippen LogP contribution in [0.3, 0.4) is 0 Å². The maximum Gasteiger partial charge on any atom is 0.427 e. The molecule has 0 saturated heterocycles. The lowest BCUT2D eigenvalue weighted by Crippen LogP contribution is -2.18. The summed E-state index contributed by atoms with van der Waals surface area (Å²) in [5.41, 5.74) is 5.26. The smallest absolute Gasteiger partial charge is 0.427 e. The molecule has 1 aromatic rings. The highest BCUT2D eigenvalue weighted by molar-refractivity contribution is 5.89. The SMILES string of the molecule is CCOC(=O)N/N=C/c1ccc(O)c(/C=N/NC(=O)OCC)c1. The van der Waals surface area contributed by atoms with Crippen molar-refractivity contribution < 1.29 is 24.2 Å². The van der Waals surface area contributed by atoms with Gasteiger partial charge in [-0.3, -0.25) is 0 Å². The molecule has 9 nitrogen and oxygen atoms in total. The number of carbonyl (C=O) groups is 2. The minimum Gasteiger partial charge on any atom is -0.507 e. The maximum atomic E-state index is 11.1. The number of phenolic OH excluding ortho intramolecular Hbond substituents is 1. The van der Waals surface area contributed by atoms with Crippen LogP contribution in [0.2, 0.25) is 0 Å². The van der Waals surface area contributed by atoms with E-state index in [1.54, 1.807) is 26.0 Å². The molecule has 0 radical (unpaired) electrons. The zero-order valence-electron chi connectivity index (χ0n) is 12.8. The highest BCUT2D eigenvalue weighted by atomic mass is 16.6. The van der Waals surface area contributed by atoms with Crippen molar-refractivity contribution in [3.05, 3.63) is 29.3 Å². The van der Waals surface area contributed by atoms with Crippen molar-refractivity contribution in [1.29, 1.82) is 0 Å². The molecule has 0 aliphatic carbocycles. The van der Waals surface area contributed by atoms with Gasteiger partial charge in [0.15, 0.2) is 0 Å². The number of amides is 2. The fraction of sp³-hybridized carbons (Fsp3) is 0.286. The van der Waals surface area contributed by atoms with Gasteiger partial charge in [0.05, 0.1) is 25.6 Å². The Morgan fingerprint density at radius 3 is 2.22 bits per heavy atom. The van der Waals surface area contributed by atoms with Gasteiger partial charge in [0.1, 0.15) is 5.75 Å². The largest absolute Gasteiger partial charge is 0.507 e. The van der Waals surface area contributed by atoms with Crippen molar-refractivity contribution in [1.82, 2.24) is 10.9 Å². The van der Waals surface area contributed by atoms with E-state index >= 15 is 0 Å². The number of hydrazone groups is 2. The first-order valence-electron chi connectivity index (χ1n) is 6.81. The number of hydrogen-bond donors (Lipinski definition) is 3. The Kier molecular flexibility index (Phi) is 7.62. The number of phenols is 1. The molecule has 0 bridgehead atoms. The van der Waals surface area contributed by atoms with Crippen LogP contribution in [0, 0.1) is 0 Å². The van der Waals surface area contributed by atoms with Crippen molar-refractivity contribution in [2.24, 2.45) is 10.2 Å². The fourth-order valence-electron chi connectivity index (χ4n) is 1.40. The summed E-state index contributed by atoms with van der Waals surface area (Å²) < 4.78 is 9.27. The first kappa shape index (κ1) is 18.0. The second kappa shape index (κ2) is 9.77. The minimum atomic E-state index is -0.695. The first-order chi connectivity index (χ1) is 11.1. The summed E-state index contributed by atoms with van der Waals surface area (Å²) in [6, 6.07) is 4.57. The normalized spacial score (nSPS) is 10.7. The van der Waals surface area contributed by atoms with Gasteiger partial charge in [-0.05, 0) is 37.6 Å². The van der Waals surface area contributed by atoms with Crippen LogP contribution in [0.4, 0.5) is 9.59 Å². The van der Waals surface area contributed by atoms with Crippen molar-refractivity contribution in [3.63, 3.8) is 0 Å². The van der Waals surface area contributed by atoms with Gasteiger partial charge in [0, 0.05) is 5.56 Å². The molecule has 23 heavy (non-hydrogen) atoms. The molecule has 0 saturated carbocycles. The first-order valence-corrected chi connectivity index (χ1v) is 6.81. The molecule has 0 unspecified atom stereocenters. The molecule has 0 aromatic heterocycles. The molecule has 0 heterocycles. The summed E-state index contributed by atoms with van der Waals surface area (Å²) in [6.45, 7) is 3.82. The molecule has 0 spiro atoms. The molecule has 0 aliphatic rings. The Morgan fingerprint density at radius 1 is 1.09 bits per heavy atom. The fourth-order valence-corrected chi connectivity index (χ4v) is 1.40. The monoisotopic (exact) mass is 322 g/mol. The van der Waals surface area contributed by atoms with Crippen molar-refractivity contribution >= 4 is 24.6 Å². The van der Waals surface area contributed by atoms with E-state index < -0.39 is 12.2 Å². The molecule has 0 fully saturated rings. The highest BCUT2D eigenvalue weighted by Gasteiger charge is 2.01. The molecule has 0 atom stereocenters. The second-order valence-corrected chi connectivity index (χ2v) is 4.00. The number of rotatable bonds is 6. The summed E-state index contributed by atoms with van der Waals surface area (Å²) in [7, 11) is 0. The van der Waals surface area contributed by atoms with Gasteiger partial charge in [0.25, 0.3) is 0 Å². The third-order valence-electron chi connectivity index (χ3n) is 2.33. The lowest BCUT2D eigenvalue weighted by Gasteiger charge is -2.02. The van der Waals surface area contributed by atoms with E-state index in [0.717, 1.165) is 0 Å². The summed E-state index contributed by atoms with van der Waals surface area (Å²) >= 11 is 0. The van der Waals surface area contributed by atoms with E-state index in [1.165, 1.54) is 18.5 Å². The molecule has 1 aromatic carbocycles. The summed E-state index contributed by atoms with van der Waals surface area (Å²) in [5.74, 6) is -0.0325. The number of hydrogen-bond acceptors (Lipinski definition) is 7. The summed E-state index contributed by atoms with van der Waals surface area (Å²) in [4.78, 5) is 22.1. The standard InChI is InChI=1S/C14H18N4O5/c1-3-22-13(20)17-15-8-10-5-6-12(19)11(7-10)9-16-18-14(21)23-4-2/h5-9,19H,3-4H2,1-2H3,(H,17,20)(H,18,21)/b15-8+,16-9+. The molecule has 9 heteroatoms. The molecular weight excluding hydrogens is 304 g/mol. The van der Waals surface area contributed by atoms with Crippen LogP contribution in [-0.4, -0.2) is 42.9 Å². The highest BCUT2D eigenvalue weighted by Crippen LogP contribution is 2.15. The Balaban J connectivity index is 2.68. The predicted octanol–water partition coefficient (Wildman–Crippen LogP) is 1.55. The van der Waals surface area contributed by atoms with E-state index in [-0.39, 0.29) is 19.0 Å². The number of aromatic hydroxyl groups is 1. The number of ether oxygens (including phenoxy) is 2. The second-order valence-electron chi connectivity index (χ2n) is 4.00. The Morgan fingerprint density at radius 2 is 1.65 bits per heavy atom. The molecule has 124 valence electrons. The zero-order chi connectivity index (χ0) is 17.1. The Labute approximate surface area is 133 Å². The molecule has 3 N–H and O–H groups in total. The van der Waals surface area contributed by atoms with Gasteiger partial charge in [-0.2, -0.15) is 10.2 Å². The van der Waals surface area contributed by atoms with Gasteiger partial charge < -0.3 is 14.6 Å². The van der Waals surface area contributed by atoms with Crippen LogP contribution in [0.1, 0.15) is 25.0 Å². The molecule has 2 amide bonds. The van der Waals surface area contributed by atoms with E-state index in [2.05, 4.69) is 30.5 Å². The maximum absolute atomic E-state index is 11.1. The third kappa shape index (κ3) is 6.93. The lowest BCUT2D eigenvalue weighted by atomic mass is 10.1. The van der Waals surface area contributed by atoms with Crippen LogP contribution in [0.15, 0.2) is 28.4 Å². The Bertz CT molecular complexity index is 601. The van der Waals surface area contributed by atoms with Gasteiger partial charge in [-0.15, -0.1) is 0 Å². The van der Waals surface area contributed by atoms with E-state index in [0.29, 0.717) is 11.1 Å². The van der Waals surface area contributed by atoms with Crippen LogP contribution in [0.5, 0.6) is 5.75 Å². The predicted molar refractivity (Wildman–Crippen MR) is 83.6 cm³/mol. The molecule has 0 aliphatic heterocycles. The molecular formula is C14H18N4O5. The van der Waals surface area contributed by atoms with Gasteiger partial charge in [-0.1, -0.05) is 0 Å². The van der Waals surface area contributed by atoms with Crippen LogP contribution in [-0.2, 0) is 9.47 Å².